The van der Waals surface area contributed by atoms with E-state index in [1.807, 2.05) is 6.92 Å². The second kappa shape index (κ2) is 3.06. The van der Waals surface area contributed by atoms with Crippen molar-refractivity contribution in [2.24, 2.45) is 0 Å². The zero-order chi connectivity index (χ0) is 9.26. The van der Waals surface area contributed by atoms with E-state index in [2.05, 4.69) is 15.1 Å². The third kappa shape index (κ3) is 1.48. The lowest BCUT2D eigenvalue weighted by atomic mass is 10.6. The molecule has 0 saturated heterocycles. The lowest BCUT2D eigenvalue weighted by Crippen LogP contribution is -2.11. The van der Waals surface area contributed by atoms with Gasteiger partial charge in [-0.3, -0.25) is 4.79 Å². The molecule has 0 spiro atoms. The molecule has 2 rings (SSSR count). The van der Waals surface area contributed by atoms with E-state index in [1.54, 1.807) is 5.38 Å². The highest BCUT2D eigenvalue weighted by Gasteiger charge is 2.04. The van der Waals surface area contributed by atoms with Crippen LogP contribution in [0.3, 0.4) is 0 Å². The van der Waals surface area contributed by atoms with Gasteiger partial charge < -0.3 is 0 Å². The zero-order valence-corrected chi connectivity index (χ0v) is 7.65. The van der Waals surface area contributed by atoms with E-state index in [-0.39, 0.29) is 4.74 Å². The fraction of sp³-hybridized carbons (Fsp3) is 0.143. The Morgan fingerprint density at radius 3 is 3.08 bits per heavy atom. The first-order chi connectivity index (χ1) is 6.27. The van der Waals surface area contributed by atoms with Crippen LogP contribution >= 0.6 is 11.3 Å². The molecule has 0 saturated carbocycles. The summed E-state index contributed by atoms with van der Waals surface area (Å²) in [5, 5.41) is 5.55. The van der Waals surface area contributed by atoms with E-state index < -0.39 is 0 Å². The molecule has 2 heterocycles. The molecule has 6 heteroatoms. The van der Waals surface area contributed by atoms with Crippen LogP contribution in [0.15, 0.2) is 22.8 Å². The summed E-state index contributed by atoms with van der Waals surface area (Å²) in [5.74, 6) is 0.308. The van der Waals surface area contributed by atoms with Crippen LogP contribution in [0.25, 0.3) is 5.82 Å². The van der Waals surface area contributed by atoms with E-state index in [0.29, 0.717) is 5.82 Å². The lowest BCUT2D eigenvalue weighted by Gasteiger charge is -1.96. The van der Waals surface area contributed by atoms with Gasteiger partial charge in [-0.05, 0) is 6.92 Å². The van der Waals surface area contributed by atoms with Gasteiger partial charge in [0.15, 0.2) is 0 Å². The Bertz CT molecular complexity index is 462. The maximum absolute atomic E-state index is 11.3. The molecule has 0 bridgehead atoms. The normalized spacial score (nSPS) is 10.2. The van der Waals surface area contributed by atoms with Gasteiger partial charge in [-0.1, -0.05) is 11.3 Å². The number of rotatable bonds is 1. The van der Waals surface area contributed by atoms with Crippen LogP contribution in [0.2, 0.25) is 0 Å². The second-order valence-electron chi connectivity index (χ2n) is 2.44. The molecule has 2 aromatic heterocycles. The highest BCUT2D eigenvalue weighted by Crippen LogP contribution is 1.99. The molecule has 66 valence electrons. The molecular formula is C7H6N4OS. The topological polar surface area (TPSA) is 60.7 Å². The molecule has 13 heavy (non-hydrogen) atoms. The minimum absolute atomic E-state index is 0.115. The lowest BCUT2D eigenvalue weighted by molar-refractivity contribution is 0.837. The van der Waals surface area contributed by atoms with Crippen molar-refractivity contribution >= 4 is 11.3 Å². The standard InChI is InChI=1S/C7H6N4OS/c1-5-2-13-7(12)6(10-5)11-4-8-3-9-11/h2-4H,1H3. The molecular weight excluding hydrogens is 188 g/mol. The van der Waals surface area contributed by atoms with Gasteiger partial charge in [0.25, 0.3) is 4.74 Å². The van der Waals surface area contributed by atoms with E-state index in [9.17, 15) is 4.79 Å². The third-order valence-electron chi connectivity index (χ3n) is 1.44. The Morgan fingerprint density at radius 1 is 1.54 bits per heavy atom. The second-order valence-corrected chi connectivity index (χ2v) is 3.28. The molecule has 0 aliphatic carbocycles. The van der Waals surface area contributed by atoms with E-state index in [1.165, 1.54) is 17.3 Å². The molecule has 0 radical (unpaired) electrons. The van der Waals surface area contributed by atoms with Crippen LogP contribution < -0.4 is 4.74 Å². The molecule has 0 aliphatic heterocycles. The summed E-state index contributed by atoms with van der Waals surface area (Å²) in [5.41, 5.74) is 0.801. The number of aromatic nitrogens is 4. The van der Waals surface area contributed by atoms with Crippen molar-refractivity contribution in [1.82, 2.24) is 19.7 Å². The number of nitrogens with zero attached hydrogens (tertiary/aromatic N) is 4. The van der Waals surface area contributed by atoms with Gasteiger partial charge in [0.2, 0.25) is 5.82 Å². The van der Waals surface area contributed by atoms with Crippen molar-refractivity contribution in [2.45, 2.75) is 6.92 Å². The van der Waals surface area contributed by atoms with E-state index in [4.69, 9.17) is 0 Å². The van der Waals surface area contributed by atoms with Gasteiger partial charge in [0.05, 0.1) is 0 Å². The third-order valence-corrected chi connectivity index (χ3v) is 2.29. The molecule has 0 fully saturated rings. The average molecular weight is 194 g/mol. The zero-order valence-electron chi connectivity index (χ0n) is 6.84. The minimum Gasteiger partial charge on any atom is -0.274 e. The highest BCUT2D eigenvalue weighted by molar-refractivity contribution is 7.07. The number of hydrogen-bond acceptors (Lipinski definition) is 5. The van der Waals surface area contributed by atoms with Crippen LogP contribution in [-0.4, -0.2) is 19.7 Å². The van der Waals surface area contributed by atoms with Crippen LogP contribution in [-0.2, 0) is 0 Å². The Kier molecular flexibility index (Phi) is 1.90. The highest BCUT2D eigenvalue weighted by atomic mass is 32.1. The molecule has 0 aliphatic rings. The van der Waals surface area contributed by atoms with Gasteiger partial charge in [-0.2, -0.15) is 9.78 Å². The monoisotopic (exact) mass is 194 g/mol. The van der Waals surface area contributed by atoms with Crippen molar-refractivity contribution in [1.29, 1.82) is 0 Å². The summed E-state index contributed by atoms with van der Waals surface area (Å²) < 4.78 is 1.25. The first-order valence-corrected chi connectivity index (χ1v) is 4.47. The molecule has 0 aromatic carbocycles. The fourth-order valence-corrected chi connectivity index (χ4v) is 1.47. The van der Waals surface area contributed by atoms with Crippen LogP contribution in [0, 0.1) is 6.92 Å². The SMILES string of the molecule is Cc1csc(=O)c(-n2cncn2)n1. The summed E-state index contributed by atoms with van der Waals surface area (Å²) in [6.07, 6.45) is 2.82. The van der Waals surface area contributed by atoms with Crippen molar-refractivity contribution in [3.8, 4) is 5.82 Å². The van der Waals surface area contributed by atoms with Crippen LogP contribution in [0.1, 0.15) is 5.69 Å². The van der Waals surface area contributed by atoms with Crippen LogP contribution in [0.5, 0.6) is 0 Å². The van der Waals surface area contributed by atoms with E-state index in [0.717, 1.165) is 17.0 Å². The van der Waals surface area contributed by atoms with Crippen molar-refractivity contribution in [3.63, 3.8) is 0 Å². The van der Waals surface area contributed by atoms with Crippen molar-refractivity contribution in [2.75, 3.05) is 0 Å². The summed E-state index contributed by atoms with van der Waals surface area (Å²) >= 11 is 1.11. The minimum atomic E-state index is -0.115. The van der Waals surface area contributed by atoms with Gasteiger partial charge in [-0.15, -0.1) is 0 Å². The summed E-state index contributed by atoms with van der Waals surface area (Å²) in [7, 11) is 0. The summed E-state index contributed by atoms with van der Waals surface area (Å²) in [6.45, 7) is 1.83. The Labute approximate surface area is 77.7 Å². The Hall–Kier alpha value is -1.56. The molecule has 0 amide bonds. The number of hydrogen-bond donors (Lipinski definition) is 0. The van der Waals surface area contributed by atoms with Crippen molar-refractivity contribution < 1.29 is 0 Å². The maximum atomic E-state index is 11.3. The fourth-order valence-electron chi connectivity index (χ4n) is 0.893. The van der Waals surface area contributed by atoms with Crippen molar-refractivity contribution in [3.05, 3.63) is 33.3 Å². The average Bonchev–Trinajstić information content (AvgIpc) is 2.61. The van der Waals surface area contributed by atoms with Crippen LogP contribution in [0.4, 0.5) is 0 Å². The molecule has 0 unspecified atom stereocenters. The molecule has 2 aromatic rings. The maximum Gasteiger partial charge on any atom is 0.277 e. The smallest absolute Gasteiger partial charge is 0.274 e. The first kappa shape index (κ1) is 8.06. The molecule has 0 atom stereocenters. The van der Waals surface area contributed by atoms with Gasteiger partial charge in [0, 0.05) is 11.1 Å². The van der Waals surface area contributed by atoms with Gasteiger partial charge in [-0.25, -0.2) is 9.97 Å². The quantitative estimate of drug-likeness (QED) is 0.659. The molecule has 5 nitrogen and oxygen atoms in total. The van der Waals surface area contributed by atoms with Gasteiger partial charge >= 0.3 is 0 Å². The predicted molar refractivity (Wildman–Crippen MR) is 48.0 cm³/mol. The Balaban J connectivity index is 2.64. The molecule has 0 N–H and O–H groups in total. The summed E-state index contributed by atoms with van der Waals surface area (Å²) in [4.78, 5) is 19.2. The predicted octanol–water partition coefficient (Wildman–Crippen LogP) is 0.392. The summed E-state index contributed by atoms with van der Waals surface area (Å²) in [6, 6.07) is 0. The van der Waals surface area contributed by atoms with E-state index >= 15 is 0 Å². The largest absolute Gasteiger partial charge is 0.277 e. The number of aryl methyl sites for hydroxylation is 1. The van der Waals surface area contributed by atoms with Gasteiger partial charge in [0.1, 0.15) is 12.7 Å². The first-order valence-electron chi connectivity index (χ1n) is 3.59. The Morgan fingerprint density at radius 2 is 2.38 bits per heavy atom.